The summed E-state index contributed by atoms with van der Waals surface area (Å²) in [6, 6.07) is 5.97. The molecule has 1 aliphatic rings. The summed E-state index contributed by atoms with van der Waals surface area (Å²) in [6.45, 7) is 2.72. The topological polar surface area (TPSA) is 33.0 Å². The highest BCUT2D eigenvalue weighted by Gasteiger charge is 2.19. The van der Waals surface area contributed by atoms with Gasteiger partial charge in [-0.1, -0.05) is 22.4 Å². The molecule has 0 saturated heterocycles. The summed E-state index contributed by atoms with van der Waals surface area (Å²) in [4.78, 5) is 0. The summed E-state index contributed by atoms with van der Waals surface area (Å²) in [5.41, 5.74) is 1.64. The van der Waals surface area contributed by atoms with Crippen LogP contribution in [0.25, 0.3) is 0 Å². The minimum Gasteiger partial charge on any atom is -0.492 e. The molecule has 0 heterocycles. The van der Waals surface area contributed by atoms with Crippen LogP contribution in [0.15, 0.2) is 16.6 Å². The fraction of sp³-hybridized carbons (Fsp3) is 0.462. The highest BCUT2D eigenvalue weighted by molar-refractivity contribution is 9.10. The zero-order valence-electron chi connectivity index (χ0n) is 9.29. The molecule has 0 amide bonds. The van der Waals surface area contributed by atoms with E-state index in [-0.39, 0.29) is 0 Å². The Kier molecular flexibility index (Phi) is 3.50. The van der Waals surface area contributed by atoms with Gasteiger partial charge in [0, 0.05) is 4.47 Å². The summed E-state index contributed by atoms with van der Waals surface area (Å²) in [7, 11) is 0. The average molecular weight is 280 g/mol. The van der Waals surface area contributed by atoms with E-state index in [0.717, 1.165) is 22.4 Å². The van der Waals surface area contributed by atoms with E-state index in [2.05, 4.69) is 22.0 Å². The Labute approximate surface area is 104 Å². The molecule has 3 heteroatoms. The number of nitriles is 1. The maximum absolute atomic E-state index is 9.05. The lowest BCUT2D eigenvalue weighted by Gasteiger charge is -2.25. The van der Waals surface area contributed by atoms with Crippen molar-refractivity contribution in [2.45, 2.75) is 26.2 Å². The molecule has 0 aromatic heterocycles. The molecule has 0 aliphatic heterocycles. The first-order valence-corrected chi connectivity index (χ1v) is 6.33. The quantitative estimate of drug-likeness (QED) is 0.843. The zero-order valence-corrected chi connectivity index (χ0v) is 10.9. The van der Waals surface area contributed by atoms with Gasteiger partial charge in [-0.3, -0.25) is 0 Å². The monoisotopic (exact) mass is 279 g/mol. The second-order valence-corrected chi connectivity index (χ2v) is 5.23. The van der Waals surface area contributed by atoms with E-state index in [4.69, 9.17) is 10.00 Å². The van der Waals surface area contributed by atoms with Crippen LogP contribution in [-0.2, 0) is 0 Å². The molecule has 2 rings (SSSR count). The molecule has 0 unspecified atom stereocenters. The van der Waals surface area contributed by atoms with Crippen LogP contribution >= 0.6 is 15.9 Å². The van der Waals surface area contributed by atoms with Crippen molar-refractivity contribution >= 4 is 15.9 Å². The van der Waals surface area contributed by atoms with Crippen molar-refractivity contribution in [1.82, 2.24) is 0 Å². The predicted octanol–water partition coefficient (Wildman–Crippen LogP) is 3.81. The van der Waals surface area contributed by atoms with Gasteiger partial charge in [0.15, 0.2) is 0 Å². The van der Waals surface area contributed by atoms with Gasteiger partial charge < -0.3 is 4.74 Å². The molecule has 1 aromatic carbocycles. The second kappa shape index (κ2) is 4.88. The maximum Gasteiger partial charge on any atom is 0.140 e. The van der Waals surface area contributed by atoms with Gasteiger partial charge in [-0.05, 0) is 43.4 Å². The number of ether oxygens (including phenoxy) is 1. The van der Waals surface area contributed by atoms with E-state index < -0.39 is 0 Å². The van der Waals surface area contributed by atoms with Crippen LogP contribution in [0.1, 0.15) is 30.4 Å². The lowest BCUT2D eigenvalue weighted by atomic mass is 9.86. The third-order valence-corrected chi connectivity index (χ3v) is 3.51. The van der Waals surface area contributed by atoms with E-state index in [0.29, 0.717) is 11.5 Å². The lowest BCUT2D eigenvalue weighted by molar-refractivity contribution is 0.179. The van der Waals surface area contributed by atoms with Crippen molar-refractivity contribution in [2.75, 3.05) is 6.61 Å². The minimum absolute atomic E-state index is 0.617. The standard InChI is InChI=1S/C13H14BrNO/c1-9-5-12(14)6-11(7-15)13(9)16-8-10-3-2-4-10/h5-6,10H,2-4,8H2,1H3. The number of aryl methyl sites for hydroxylation is 1. The molecular formula is C13H14BrNO. The summed E-state index contributed by atoms with van der Waals surface area (Å²) in [5.74, 6) is 1.44. The summed E-state index contributed by atoms with van der Waals surface area (Å²) >= 11 is 3.39. The van der Waals surface area contributed by atoms with Crippen molar-refractivity contribution in [1.29, 1.82) is 5.26 Å². The van der Waals surface area contributed by atoms with Gasteiger partial charge in [0.1, 0.15) is 11.8 Å². The van der Waals surface area contributed by atoms with Crippen molar-refractivity contribution in [3.8, 4) is 11.8 Å². The van der Waals surface area contributed by atoms with Gasteiger partial charge in [-0.2, -0.15) is 5.26 Å². The fourth-order valence-corrected chi connectivity index (χ4v) is 2.44. The van der Waals surface area contributed by atoms with Crippen LogP contribution in [0.3, 0.4) is 0 Å². The Morgan fingerprint density at radius 2 is 2.25 bits per heavy atom. The number of nitrogens with zero attached hydrogens (tertiary/aromatic N) is 1. The van der Waals surface area contributed by atoms with Crippen molar-refractivity contribution in [2.24, 2.45) is 5.92 Å². The molecule has 16 heavy (non-hydrogen) atoms. The summed E-state index contributed by atoms with van der Waals surface area (Å²) < 4.78 is 6.70. The van der Waals surface area contributed by atoms with E-state index in [9.17, 15) is 0 Å². The molecule has 0 N–H and O–H groups in total. The number of rotatable bonds is 3. The van der Waals surface area contributed by atoms with Gasteiger partial charge in [-0.15, -0.1) is 0 Å². The smallest absolute Gasteiger partial charge is 0.140 e. The van der Waals surface area contributed by atoms with Gasteiger partial charge in [0.25, 0.3) is 0 Å². The molecule has 1 fully saturated rings. The lowest BCUT2D eigenvalue weighted by Crippen LogP contribution is -2.19. The third kappa shape index (κ3) is 2.38. The number of benzene rings is 1. The largest absolute Gasteiger partial charge is 0.492 e. The Hall–Kier alpha value is -1.01. The maximum atomic E-state index is 9.05. The average Bonchev–Trinajstić information content (AvgIpc) is 2.17. The molecule has 1 aromatic rings. The molecule has 0 spiro atoms. The molecule has 0 radical (unpaired) electrons. The van der Waals surface area contributed by atoms with Gasteiger partial charge in [0.05, 0.1) is 12.2 Å². The molecule has 2 nitrogen and oxygen atoms in total. The first-order chi connectivity index (χ1) is 7.70. The van der Waals surface area contributed by atoms with Crippen LogP contribution in [0, 0.1) is 24.2 Å². The SMILES string of the molecule is Cc1cc(Br)cc(C#N)c1OCC1CCC1. The fourth-order valence-electron chi connectivity index (χ4n) is 1.87. The summed E-state index contributed by atoms with van der Waals surface area (Å²) in [6.07, 6.45) is 3.84. The van der Waals surface area contributed by atoms with Crippen LogP contribution in [-0.4, -0.2) is 6.61 Å². The highest BCUT2D eigenvalue weighted by Crippen LogP contribution is 2.31. The molecule has 1 aliphatic carbocycles. The minimum atomic E-state index is 0.617. The van der Waals surface area contributed by atoms with Gasteiger partial charge in [0.2, 0.25) is 0 Å². The molecule has 0 atom stereocenters. The summed E-state index contributed by atoms with van der Waals surface area (Å²) in [5, 5.41) is 9.05. The first-order valence-electron chi connectivity index (χ1n) is 5.53. The van der Waals surface area contributed by atoms with Crippen LogP contribution in [0.4, 0.5) is 0 Å². The third-order valence-electron chi connectivity index (χ3n) is 3.05. The van der Waals surface area contributed by atoms with E-state index >= 15 is 0 Å². The molecule has 0 bridgehead atoms. The number of hydrogen-bond acceptors (Lipinski definition) is 2. The Bertz CT molecular complexity index is 432. The van der Waals surface area contributed by atoms with Crippen LogP contribution in [0.5, 0.6) is 5.75 Å². The molecule has 1 saturated carbocycles. The Morgan fingerprint density at radius 1 is 1.50 bits per heavy atom. The normalized spacial score (nSPS) is 15.3. The first kappa shape index (κ1) is 11.5. The van der Waals surface area contributed by atoms with Crippen molar-refractivity contribution in [3.63, 3.8) is 0 Å². The van der Waals surface area contributed by atoms with E-state index in [1.807, 2.05) is 19.1 Å². The van der Waals surface area contributed by atoms with E-state index in [1.165, 1.54) is 19.3 Å². The second-order valence-electron chi connectivity index (χ2n) is 4.32. The van der Waals surface area contributed by atoms with Crippen LogP contribution in [0.2, 0.25) is 0 Å². The van der Waals surface area contributed by atoms with Crippen molar-refractivity contribution < 1.29 is 4.74 Å². The number of halogens is 1. The molecular weight excluding hydrogens is 266 g/mol. The Morgan fingerprint density at radius 3 is 2.81 bits per heavy atom. The zero-order chi connectivity index (χ0) is 11.5. The highest BCUT2D eigenvalue weighted by atomic mass is 79.9. The van der Waals surface area contributed by atoms with Gasteiger partial charge in [-0.25, -0.2) is 0 Å². The van der Waals surface area contributed by atoms with Crippen LogP contribution < -0.4 is 4.74 Å². The molecule has 84 valence electrons. The number of hydrogen-bond donors (Lipinski definition) is 0. The predicted molar refractivity (Wildman–Crippen MR) is 66.4 cm³/mol. The van der Waals surface area contributed by atoms with Crippen molar-refractivity contribution in [3.05, 3.63) is 27.7 Å². The van der Waals surface area contributed by atoms with Gasteiger partial charge >= 0.3 is 0 Å². The van der Waals surface area contributed by atoms with E-state index in [1.54, 1.807) is 0 Å². The Balaban J connectivity index is 2.15.